The normalized spacial score (nSPS) is 11.0. The molecule has 0 spiro atoms. The van der Waals surface area contributed by atoms with E-state index in [4.69, 9.17) is 0 Å². The lowest BCUT2D eigenvalue weighted by molar-refractivity contribution is 1.38. The van der Waals surface area contributed by atoms with Crippen LogP contribution in [0, 0.1) is 41.5 Å². The number of nitrogens with one attached hydrogen (secondary N) is 1. The van der Waals surface area contributed by atoms with Gasteiger partial charge in [0.2, 0.25) is 0 Å². The molecule has 0 fully saturated rings. The zero-order valence-corrected chi connectivity index (χ0v) is 26.0. The van der Waals surface area contributed by atoms with Crippen molar-refractivity contribution in [1.82, 2.24) is 0 Å². The van der Waals surface area contributed by atoms with Crippen molar-refractivity contribution in [3.05, 3.63) is 155 Å². The van der Waals surface area contributed by atoms with Crippen molar-refractivity contribution in [3.8, 4) is 44.5 Å². The monoisotopic (exact) mass is 557 g/mol. The van der Waals surface area contributed by atoms with Crippen LogP contribution in [0.4, 0.5) is 11.4 Å². The van der Waals surface area contributed by atoms with Gasteiger partial charge in [-0.25, -0.2) is 0 Å². The van der Waals surface area contributed by atoms with E-state index in [9.17, 15) is 0 Å². The Morgan fingerprint density at radius 1 is 0.302 bits per heavy atom. The first kappa shape index (κ1) is 28.2. The molecular weight excluding hydrogens is 518 g/mol. The van der Waals surface area contributed by atoms with E-state index in [1.54, 1.807) is 0 Å². The van der Waals surface area contributed by atoms with Crippen LogP contribution in [0.1, 0.15) is 33.4 Å². The Bertz CT molecular complexity index is 1780. The van der Waals surface area contributed by atoms with Crippen LogP contribution < -0.4 is 5.32 Å². The lowest BCUT2D eigenvalue weighted by atomic mass is 9.91. The van der Waals surface area contributed by atoms with Crippen LogP contribution >= 0.6 is 0 Å². The van der Waals surface area contributed by atoms with Crippen molar-refractivity contribution in [2.45, 2.75) is 41.5 Å². The van der Waals surface area contributed by atoms with Gasteiger partial charge in [0, 0.05) is 11.4 Å². The zero-order valence-electron chi connectivity index (χ0n) is 26.0. The molecule has 0 aliphatic carbocycles. The summed E-state index contributed by atoms with van der Waals surface area (Å²) >= 11 is 0. The first-order valence-electron chi connectivity index (χ1n) is 15.1. The molecular formula is C42H39N. The van der Waals surface area contributed by atoms with Gasteiger partial charge in [-0.15, -0.1) is 0 Å². The second-order valence-electron chi connectivity index (χ2n) is 12.1. The third-order valence-corrected chi connectivity index (χ3v) is 8.05. The highest BCUT2D eigenvalue weighted by Crippen LogP contribution is 2.37. The first-order valence-corrected chi connectivity index (χ1v) is 15.1. The molecule has 0 aliphatic rings. The Hall–Kier alpha value is -4.88. The van der Waals surface area contributed by atoms with E-state index in [1.807, 2.05) is 0 Å². The quantitative estimate of drug-likeness (QED) is 0.215. The van der Waals surface area contributed by atoms with E-state index in [-0.39, 0.29) is 0 Å². The van der Waals surface area contributed by atoms with Crippen LogP contribution in [0.25, 0.3) is 44.5 Å². The van der Waals surface area contributed by atoms with Crippen molar-refractivity contribution in [3.63, 3.8) is 0 Å². The van der Waals surface area contributed by atoms with Crippen molar-refractivity contribution < 1.29 is 0 Å². The average Bonchev–Trinajstić information content (AvgIpc) is 2.96. The maximum Gasteiger partial charge on any atom is 0.0390 e. The molecule has 1 N–H and O–H groups in total. The van der Waals surface area contributed by atoms with Gasteiger partial charge in [0.25, 0.3) is 0 Å². The molecule has 0 aliphatic heterocycles. The summed E-state index contributed by atoms with van der Waals surface area (Å²) in [6.45, 7) is 13.0. The molecule has 6 aromatic carbocycles. The lowest BCUT2D eigenvalue weighted by Gasteiger charge is -2.16. The van der Waals surface area contributed by atoms with Crippen LogP contribution in [0.5, 0.6) is 0 Å². The number of benzene rings is 6. The molecule has 0 amide bonds. The molecule has 0 saturated carbocycles. The SMILES string of the molecule is Cc1cc(C)cc(-c2ccc(C)cc2-c2cccc(Nc3cccc(-c4cc(C)ccc4-c4cc(C)cc(C)c4)c3)c2)c1. The van der Waals surface area contributed by atoms with Crippen molar-refractivity contribution in [2.24, 2.45) is 0 Å². The predicted octanol–water partition coefficient (Wildman–Crippen LogP) is 11.9. The van der Waals surface area contributed by atoms with E-state index in [2.05, 4.69) is 168 Å². The Morgan fingerprint density at radius 3 is 1.09 bits per heavy atom. The van der Waals surface area contributed by atoms with Gasteiger partial charge >= 0.3 is 0 Å². The van der Waals surface area contributed by atoms with E-state index in [0.29, 0.717) is 0 Å². The maximum absolute atomic E-state index is 3.71. The highest BCUT2D eigenvalue weighted by molar-refractivity contribution is 5.87. The molecule has 6 aromatic rings. The second-order valence-corrected chi connectivity index (χ2v) is 12.1. The molecule has 1 nitrogen and oxygen atoms in total. The smallest absolute Gasteiger partial charge is 0.0390 e. The van der Waals surface area contributed by atoms with E-state index in [1.165, 1.54) is 77.9 Å². The third-order valence-electron chi connectivity index (χ3n) is 8.05. The number of aryl methyl sites for hydroxylation is 6. The fourth-order valence-electron chi connectivity index (χ4n) is 6.25. The molecule has 0 aromatic heterocycles. The van der Waals surface area contributed by atoms with Crippen molar-refractivity contribution in [1.29, 1.82) is 0 Å². The molecule has 0 heterocycles. The molecule has 1 heteroatoms. The molecule has 6 rings (SSSR count). The third kappa shape index (κ3) is 6.32. The summed E-state index contributed by atoms with van der Waals surface area (Å²) in [5, 5.41) is 3.71. The number of hydrogen-bond acceptors (Lipinski definition) is 1. The highest BCUT2D eigenvalue weighted by atomic mass is 14.9. The van der Waals surface area contributed by atoms with Gasteiger partial charge < -0.3 is 5.32 Å². The Kier molecular flexibility index (Phi) is 7.74. The summed E-state index contributed by atoms with van der Waals surface area (Å²) in [6.07, 6.45) is 0. The molecule has 212 valence electrons. The molecule has 0 saturated heterocycles. The average molecular weight is 558 g/mol. The van der Waals surface area contributed by atoms with Crippen LogP contribution in [-0.4, -0.2) is 0 Å². The highest BCUT2D eigenvalue weighted by Gasteiger charge is 2.12. The molecule has 0 unspecified atom stereocenters. The summed E-state index contributed by atoms with van der Waals surface area (Å²) < 4.78 is 0. The van der Waals surface area contributed by atoms with Crippen LogP contribution in [0.2, 0.25) is 0 Å². The van der Waals surface area contributed by atoms with E-state index < -0.39 is 0 Å². The van der Waals surface area contributed by atoms with Crippen LogP contribution in [-0.2, 0) is 0 Å². The fraction of sp³-hybridized carbons (Fsp3) is 0.143. The standard InChI is InChI=1S/C42H39N/c1-27-13-15-39(35-19-29(3)17-30(4)20-35)41(23-27)33-9-7-11-37(25-33)43-38-12-8-10-34(26-38)42-24-28(2)14-16-40(42)36-21-31(5)18-32(6)22-36/h7-26,43H,1-6H3. The minimum atomic E-state index is 1.07. The molecule has 0 atom stereocenters. The van der Waals surface area contributed by atoms with Gasteiger partial charge in [-0.2, -0.15) is 0 Å². The zero-order chi connectivity index (χ0) is 30.1. The largest absolute Gasteiger partial charge is 0.355 e. The van der Waals surface area contributed by atoms with E-state index in [0.717, 1.165) is 11.4 Å². The van der Waals surface area contributed by atoms with Gasteiger partial charge in [-0.3, -0.25) is 0 Å². The minimum absolute atomic E-state index is 1.07. The number of anilines is 2. The van der Waals surface area contributed by atoms with Crippen LogP contribution in [0.15, 0.2) is 121 Å². The van der Waals surface area contributed by atoms with Gasteiger partial charge in [0.05, 0.1) is 0 Å². The fourth-order valence-corrected chi connectivity index (χ4v) is 6.25. The molecule has 0 bridgehead atoms. The second kappa shape index (κ2) is 11.8. The van der Waals surface area contributed by atoms with E-state index >= 15 is 0 Å². The van der Waals surface area contributed by atoms with Crippen molar-refractivity contribution >= 4 is 11.4 Å². The van der Waals surface area contributed by atoms with Gasteiger partial charge in [0.15, 0.2) is 0 Å². The number of hydrogen-bond donors (Lipinski definition) is 1. The first-order chi connectivity index (χ1) is 20.7. The topological polar surface area (TPSA) is 12.0 Å². The summed E-state index contributed by atoms with van der Waals surface area (Å²) in [6, 6.07) is 44.7. The van der Waals surface area contributed by atoms with Crippen molar-refractivity contribution in [2.75, 3.05) is 5.32 Å². The number of rotatable bonds is 6. The summed E-state index contributed by atoms with van der Waals surface area (Å²) in [5.74, 6) is 0. The summed E-state index contributed by atoms with van der Waals surface area (Å²) in [5.41, 5.74) is 19.7. The van der Waals surface area contributed by atoms with Gasteiger partial charge in [-0.1, -0.05) is 130 Å². The predicted molar refractivity (Wildman–Crippen MR) is 186 cm³/mol. The molecule has 43 heavy (non-hydrogen) atoms. The Labute approximate surface area is 256 Å². The summed E-state index contributed by atoms with van der Waals surface area (Å²) in [7, 11) is 0. The van der Waals surface area contributed by atoms with Gasteiger partial charge in [-0.05, 0) is 110 Å². The minimum Gasteiger partial charge on any atom is -0.355 e. The lowest BCUT2D eigenvalue weighted by Crippen LogP contribution is -1.94. The summed E-state index contributed by atoms with van der Waals surface area (Å²) in [4.78, 5) is 0. The van der Waals surface area contributed by atoms with Gasteiger partial charge in [0.1, 0.15) is 0 Å². The van der Waals surface area contributed by atoms with Crippen LogP contribution in [0.3, 0.4) is 0 Å². The maximum atomic E-state index is 3.71. The Morgan fingerprint density at radius 2 is 0.698 bits per heavy atom. The molecule has 0 radical (unpaired) electrons. The Balaban J connectivity index is 1.36.